The average Bonchev–Trinajstić information content (AvgIpc) is 2.40. The lowest BCUT2D eigenvalue weighted by Crippen LogP contribution is -2.37. The molecule has 1 atom stereocenters. The van der Waals surface area contributed by atoms with Gasteiger partial charge in [-0.2, -0.15) is 0 Å². The molecule has 0 heterocycles. The highest BCUT2D eigenvalue weighted by Crippen LogP contribution is 2.41. The number of benzene rings is 1. The topological polar surface area (TPSA) is 66.4 Å². The fraction of sp³-hybridized carbons (Fsp3) is 0.500. The lowest BCUT2D eigenvalue weighted by atomic mass is 9.68. The van der Waals surface area contributed by atoms with E-state index in [0.29, 0.717) is 10.2 Å². The maximum atomic E-state index is 12.5. The number of carboxylic acid groups (broad SMARTS) is 1. The molecule has 21 heavy (non-hydrogen) atoms. The van der Waals surface area contributed by atoms with Crippen molar-refractivity contribution in [2.75, 3.05) is 5.32 Å². The monoisotopic (exact) mass is 353 g/mol. The highest BCUT2D eigenvalue weighted by atomic mass is 79.9. The molecule has 1 aliphatic carbocycles. The number of hydrogen-bond donors (Lipinski definition) is 2. The molecule has 5 heteroatoms. The van der Waals surface area contributed by atoms with Crippen LogP contribution in [0.25, 0.3) is 0 Å². The van der Waals surface area contributed by atoms with E-state index < -0.39 is 5.97 Å². The number of nitrogens with one attached hydrogen (secondary N) is 1. The molecular formula is C16H20BrNO3. The summed E-state index contributed by atoms with van der Waals surface area (Å²) in [5, 5.41) is 11.9. The van der Waals surface area contributed by atoms with E-state index in [4.69, 9.17) is 5.11 Å². The van der Waals surface area contributed by atoms with E-state index in [2.05, 4.69) is 35.1 Å². The van der Waals surface area contributed by atoms with Gasteiger partial charge in [0.05, 0.1) is 11.3 Å². The number of aromatic carboxylic acids is 1. The first-order valence-electron chi connectivity index (χ1n) is 7.15. The third-order valence-electron chi connectivity index (χ3n) is 4.29. The number of carboxylic acids is 1. The molecule has 0 aliphatic heterocycles. The largest absolute Gasteiger partial charge is 0.478 e. The van der Waals surface area contributed by atoms with Gasteiger partial charge in [0, 0.05) is 10.4 Å². The van der Waals surface area contributed by atoms with E-state index in [1.54, 1.807) is 6.07 Å². The van der Waals surface area contributed by atoms with Crippen LogP contribution in [0.4, 0.5) is 5.69 Å². The van der Waals surface area contributed by atoms with Crippen molar-refractivity contribution < 1.29 is 14.7 Å². The zero-order valence-corrected chi connectivity index (χ0v) is 13.9. The van der Waals surface area contributed by atoms with Crippen LogP contribution in [-0.2, 0) is 4.79 Å². The number of amides is 1. The van der Waals surface area contributed by atoms with Gasteiger partial charge in [0.1, 0.15) is 0 Å². The molecule has 1 unspecified atom stereocenters. The zero-order chi connectivity index (χ0) is 15.6. The van der Waals surface area contributed by atoms with Crippen LogP contribution in [0.5, 0.6) is 0 Å². The maximum absolute atomic E-state index is 12.5. The summed E-state index contributed by atoms with van der Waals surface area (Å²) in [6, 6.07) is 4.64. The number of carbonyl (C=O) groups is 2. The van der Waals surface area contributed by atoms with Gasteiger partial charge in [-0.25, -0.2) is 4.79 Å². The van der Waals surface area contributed by atoms with Crippen molar-refractivity contribution in [3.63, 3.8) is 0 Å². The van der Waals surface area contributed by atoms with Crippen LogP contribution in [0.3, 0.4) is 0 Å². The summed E-state index contributed by atoms with van der Waals surface area (Å²) in [6.45, 7) is 4.25. The summed E-state index contributed by atoms with van der Waals surface area (Å²) in [7, 11) is 0. The van der Waals surface area contributed by atoms with E-state index in [1.165, 1.54) is 12.1 Å². The Bertz CT molecular complexity index is 569. The smallest absolute Gasteiger partial charge is 0.335 e. The van der Waals surface area contributed by atoms with Gasteiger partial charge in [-0.15, -0.1) is 0 Å². The highest BCUT2D eigenvalue weighted by Gasteiger charge is 2.37. The van der Waals surface area contributed by atoms with Gasteiger partial charge in [-0.05, 0) is 52.4 Å². The SMILES string of the molecule is CC1(C)CCCCC1C(=O)Nc1cc(C(=O)O)ccc1Br. The Morgan fingerprint density at radius 3 is 2.67 bits per heavy atom. The van der Waals surface area contributed by atoms with E-state index in [-0.39, 0.29) is 22.8 Å². The van der Waals surface area contributed by atoms with Gasteiger partial charge in [0.25, 0.3) is 0 Å². The second kappa shape index (κ2) is 6.18. The normalized spacial score (nSPS) is 20.8. The molecule has 114 valence electrons. The molecule has 1 fully saturated rings. The predicted molar refractivity (Wildman–Crippen MR) is 85.5 cm³/mol. The molecule has 1 aromatic carbocycles. The third kappa shape index (κ3) is 3.64. The molecule has 2 rings (SSSR count). The molecule has 4 nitrogen and oxygen atoms in total. The van der Waals surface area contributed by atoms with Crippen LogP contribution in [0.1, 0.15) is 49.9 Å². The molecule has 0 radical (unpaired) electrons. The molecule has 0 saturated heterocycles. The van der Waals surface area contributed by atoms with Crippen LogP contribution < -0.4 is 5.32 Å². The van der Waals surface area contributed by atoms with Gasteiger partial charge < -0.3 is 10.4 Å². The molecule has 0 spiro atoms. The Morgan fingerprint density at radius 1 is 1.33 bits per heavy atom. The summed E-state index contributed by atoms with van der Waals surface area (Å²) in [5.41, 5.74) is 0.664. The molecular weight excluding hydrogens is 334 g/mol. The second-order valence-corrected chi connectivity index (χ2v) is 7.13. The summed E-state index contributed by atoms with van der Waals surface area (Å²) >= 11 is 3.35. The molecule has 1 saturated carbocycles. The lowest BCUT2D eigenvalue weighted by molar-refractivity contribution is -0.124. The van der Waals surface area contributed by atoms with Gasteiger partial charge >= 0.3 is 5.97 Å². The number of halogens is 1. The van der Waals surface area contributed by atoms with Crippen molar-refractivity contribution >= 4 is 33.5 Å². The maximum Gasteiger partial charge on any atom is 0.335 e. The first kappa shape index (κ1) is 16.0. The van der Waals surface area contributed by atoms with Crippen LogP contribution in [0.15, 0.2) is 22.7 Å². The van der Waals surface area contributed by atoms with Crippen molar-refractivity contribution in [2.45, 2.75) is 39.5 Å². The van der Waals surface area contributed by atoms with Gasteiger partial charge in [0.2, 0.25) is 5.91 Å². The quantitative estimate of drug-likeness (QED) is 0.850. The Labute approximate surface area is 133 Å². The van der Waals surface area contributed by atoms with E-state index in [9.17, 15) is 9.59 Å². The molecule has 0 aromatic heterocycles. The first-order valence-corrected chi connectivity index (χ1v) is 7.94. The summed E-state index contributed by atoms with van der Waals surface area (Å²) < 4.78 is 0.689. The number of carbonyl (C=O) groups excluding carboxylic acids is 1. The zero-order valence-electron chi connectivity index (χ0n) is 12.3. The van der Waals surface area contributed by atoms with Gasteiger partial charge in [-0.3, -0.25) is 4.79 Å². The number of rotatable bonds is 3. The summed E-state index contributed by atoms with van der Waals surface area (Å²) in [4.78, 5) is 23.6. The van der Waals surface area contributed by atoms with Crippen molar-refractivity contribution in [1.82, 2.24) is 0 Å². The summed E-state index contributed by atoms with van der Waals surface area (Å²) in [6.07, 6.45) is 4.16. The van der Waals surface area contributed by atoms with E-state index >= 15 is 0 Å². The van der Waals surface area contributed by atoms with Crippen molar-refractivity contribution in [3.05, 3.63) is 28.2 Å². The minimum atomic E-state index is -1.00. The van der Waals surface area contributed by atoms with E-state index in [1.807, 2.05) is 0 Å². The van der Waals surface area contributed by atoms with Crippen LogP contribution in [-0.4, -0.2) is 17.0 Å². The van der Waals surface area contributed by atoms with Gasteiger partial charge in [-0.1, -0.05) is 26.7 Å². The number of anilines is 1. The standard InChI is InChI=1S/C16H20BrNO3/c1-16(2)8-4-3-5-11(16)14(19)18-13-9-10(15(20)21)6-7-12(13)17/h6-7,9,11H,3-5,8H2,1-2H3,(H,18,19)(H,20,21). The Kier molecular flexibility index (Phi) is 4.71. The Morgan fingerprint density at radius 2 is 2.05 bits per heavy atom. The minimum Gasteiger partial charge on any atom is -0.478 e. The van der Waals surface area contributed by atoms with Crippen molar-refractivity contribution in [1.29, 1.82) is 0 Å². The minimum absolute atomic E-state index is 0.0147. The Balaban J connectivity index is 2.19. The van der Waals surface area contributed by atoms with Crippen molar-refractivity contribution in [2.24, 2.45) is 11.3 Å². The van der Waals surface area contributed by atoms with Crippen molar-refractivity contribution in [3.8, 4) is 0 Å². The third-order valence-corrected chi connectivity index (χ3v) is 4.99. The number of hydrogen-bond acceptors (Lipinski definition) is 2. The molecule has 1 aliphatic rings. The fourth-order valence-corrected chi connectivity index (χ4v) is 3.30. The highest BCUT2D eigenvalue weighted by molar-refractivity contribution is 9.10. The van der Waals surface area contributed by atoms with Crippen LogP contribution in [0.2, 0.25) is 0 Å². The first-order chi connectivity index (χ1) is 9.81. The van der Waals surface area contributed by atoms with E-state index in [0.717, 1.165) is 25.7 Å². The molecule has 0 bridgehead atoms. The summed E-state index contributed by atoms with van der Waals surface area (Å²) in [5.74, 6) is -1.06. The van der Waals surface area contributed by atoms with Crippen LogP contribution in [0, 0.1) is 11.3 Å². The predicted octanol–water partition coefficient (Wildman–Crippen LogP) is 4.30. The Hall–Kier alpha value is -1.36. The average molecular weight is 354 g/mol. The molecule has 2 N–H and O–H groups in total. The molecule has 1 aromatic rings. The van der Waals surface area contributed by atoms with Gasteiger partial charge in [0.15, 0.2) is 0 Å². The fourth-order valence-electron chi connectivity index (χ4n) is 2.95. The lowest BCUT2D eigenvalue weighted by Gasteiger charge is -2.37. The second-order valence-electron chi connectivity index (χ2n) is 6.28. The van der Waals surface area contributed by atoms with Crippen LogP contribution >= 0.6 is 15.9 Å². The molecule has 1 amide bonds.